The number of hydrogen-bond donors (Lipinski definition) is 2. The van der Waals surface area contributed by atoms with Crippen LogP contribution in [0, 0.1) is 0 Å². The smallest absolute Gasteiger partial charge is 0.414 e. The fraction of sp³-hybridized carbons (Fsp3) is 0.529. The summed E-state index contributed by atoms with van der Waals surface area (Å²) < 4.78 is 5.70. The number of ether oxygens (including phenoxy) is 1. The van der Waals surface area contributed by atoms with E-state index in [1.165, 1.54) is 5.56 Å². The zero-order valence-electron chi connectivity index (χ0n) is 14.5. The van der Waals surface area contributed by atoms with Crippen molar-refractivity contribution in [2.75, 3.05) is 27.2 Å². The van der Waals surface area contributed by atoms with Crippen LogP contribution in [0.1, 0.15) is 32.8 Å². The van der Waals surface area contributed by atoms with Crippen LogP contribution < -0.4 is 4.74 Å². The molecule has 2 N–H and O–H groups in total. The summed E-state index contributed by atoms with van der Waals surface area (Å²) in [6, 6.07) is 8.44. The average molecular weight is 325 g/mol. The number of carboxylic acid groups (broad SMARTS) is 2. The minimum absolute atomic E-state index is 0.212. The van der Waals surface area contributed by atoms with E-state index in [9.17, 15) is 0 Å². The molecule has 0 amide bonds. The van der Waals surface area contributed by atoms with E-state index < -0.39 is 11.9 Å². The summed E-state index contributed by atoms with van der Waals surface area (Å²) in [6.45, 7) is 8.52. The maximum atomic E-state index is 9.10. The molecule has 0 aromatic heterocycles. The first-order chi connectivity index (χ1) is 10.5. The number of carbonyl (C=O) groups is 2. The molecular weight excluding hydrogens is 298 g/mol. The van der Waals surface area contributed by atoms with Crippen molar-refractivity contribution >= 4 is 11.9 Å². The van der Waals surface area contributed by atoms with Crippen LogP contribution in [0.3, 0.4) is 0 Å². The van der Waals surface area contributed by atoms with Crippen molar-refractivity contribution in [3.05, 3.63) is 29.8 Å². The van der Waals surface area contributed by atoms with Crippen molar-refractivity contribution in [3.8, 4) is 5.75 Å². The highest BCUT2D eigenvalue weighted by molar-refractivity contribution is 6.27. The molecule has 0 spiro atoms. The number of benzene rings is 1. The molecule has 0 atom stereocenters. The molecule has 1 rings (SSSR count). The van der Waals surface area contributed by atoms with Gasteiger partial charge in [0, 0.05) is 6.54 Å². The highest BCUT2D eigenvalue weighted by atomic mass is 16.5. The van der Waals surface area contributed by atoms with E-state index in [0.29, 0.717) is 0 Å². The fourth-order valence-electron chi connectivity index (χ4n) is 1.62. The van der Waals surface area contributed by atoms with Gasteiger partial charge in [0.25, 0.3) is 0 Å². The van der Waals surface area contributed by atoms with E-state index in [1.807, 2.05) is 0 Å². The van der Waals surface area contributed by atoms with Crippen molar-refractivity contribution in [1.82, 2.24) is 4.90 Å². The van der Waals surface area contributed by atoms with Crippen LogP contribution in [0.25, 0.3) is 0 Å². The summed E-state index contributed by atoms with van der Waals surface area (Å²) in [5.74, 6) is -2.68. The van der Waals surface area contributed by atoms with Crippen molar-refractivity contribution in [2.45, 2.75) is 32.6 Å². The minimum Gasteiger partial charge on any atom is -0.494 e. The van der Waals surface area contributed by atoms with Crippen molar-refractivity contribution in [1.29, 1.82) is 0 Å². The monoisotopic (exact) mass is 325 g/mol. The predicted molar refractivity (Wildman–Crippen MR) is 89.1 cm³/mol. The van der Waals surface area contributed by atoms with Gasteiger partial charge < -0.3 is 19.8 Å². The topological polar surface area (TPSA) is 87.1 Å². The zero-order valence-corrected chi connectivity index (χ0v) is 14.5. The molecule has 0 aliphatic heterocycles. The van der Waals surface area contributed by atoms with Gasteiger partial charge in [-0.15, -0.1) is 0 Å². The van der Waals surface area contributed by atoms with E-state index in [0.717, 1.165) is 25.3 Å². The highest BCUT2D eigenvalue weighted by Gasteiger charge is 2.12. The third-order valence-electron chi connectivity index (χ3n) is 2.92. The van der Waals surface area contributed by atoms with E-state index in [-0.39, 0.29) is 5.41 Å². The number of rotatable bonds is 5. The van der Waals surface area contributed by atoms with Gasteiger partial charge in [0.1, 0.15) is 5.75 Å². The third kappa shape index (κ3) is 10.3. The van der Waals surface area contributed by atoms with Gasteiger partial charge in [-0.1, -0.05) is 32.9 Å². The molecule has 0 saturated carbocycles. The minimum atomic E-state index is -1.82. The normalized spacial score (nSPS) is 10.7. The first kappa shape index (κ1) is 20.9. The van der Waals surface area contributed by atoms with Crippen LogP contribution in [0.15, 0.2) is 24.3 Å². The molecule has 0 heterocycles. The Kier molecular flexibility index (Phi) is 8.95. The van der Waals surface area contributed by atoms with E-state index >= 15 is 0 Å². The van der Waals surface area contributed by atoms with Crippen LogP contribution in [-0.4, -0.2) is 54.3 Å². The van der Waals surface area contributed by atoms with Gasteiger partial charge in [-0.2, -0.15) is 0 Å². The first-order valence-electron chi connectivity index (χ1n) is 7.38. The fourth-order valence-corrected chi connectivity index (χ4v) is 1.62. The lowest BCUT2D eigenvalue weighted by Gasteiger charge is -2.19. The van der Waals surface area contributed by atoms with Crippen molar-refractivity contribution < 1.29 is 24.5 Å². The number of nitrogens with zero attached hydrogens (tertiary/aromatic N) is 1. The van der Waals surface area contributed by atoms with Crippen LogP contribution in [0.2, 0.25) is 0 Å². The molecule has 0 saturated heterocycles. The van der Waals surface area contributed by atoms with E-state index in [4.69, 9.17) is 24.5 Å². The SMILES string of the molecule is CN(C)CCCOc1ccc(C(C)(C)C)cc1.O=C(O)C(=O)O. The molecule has 0 unspecified atom stereocenters. The van der Waals surface area contributed by atoms with Crippen molar-refractivity contribution in [2.24, 2.45) is 0 Å². The highest BCUT2D eigenvalue weighted by Crippen LogP contribution is 2.24. The lowest BCUT2D eigenvalue weighted by molar-refractivity contribution is -0.159. The molecule has 6 nitrogen and oxygen atoms in total. The molecule has 1 aromatic carbocycles. The van der Waals surface area contributed by atoms with Crippen LogP contribution >= 0.6 is 0 Å². The molecule has 6 heteroatoms. The summed E-state index contributed by atoms with van der Waals surface area (Å²) in [7, 11) is 4.16. The molecule has 130 valence electrons. The largest absolute Gasteiger partial charge is 0.494 e. The number of hydrogen-bond acceptors (Lipinski definition) is 4. The van der Waals surface area contributed by atoms with E-state index in [2.05, 4.69) is 64.0 Å². The van der Waals surface area contributed by atoms with Crippen molar-refractivity contribution in [3.63, 3.8) is 0 Å². The van der Waals surface area contributed by atoms with Crippen LogP contribution in [0.4, 0.5) is 0 Å². The molecule has 0 aliphatic rings. The van der Waals surface area contributed by atoms with E-state index in [1.54, 1.807) is 0 Å². The second-order valence-electron chi connectivity index (χ2n) is 6.39. The van der Waals surface area contributed by atoms with Gasteiger partial charge in [0.2, 0.25) is 0 Å². The summed E-state index contributed by atoms with van der Waals surface area (Å²) in [5, 5.41) is 14.8. The van der Waals surface area contributed by atoms with Gasteiger partial charge in [0.15, 0.2) is 0 Å². The molecule has 0 bridgehead atoms. The summed E-state index contributed by atoms with van der Waals surface area (Å²) in [6.07, 6.45) is 1.06. The van der Waals surface area contributed by atoms with Gasteiger partial charge in [0.05, 0.1) is 6.61 Å². The second kappa shape index (κ2) is 9.84. The second-order valence-corrected chi connectivity index (χ2v) is 6.39. The Labute approximate surface area is 137 Å². The Morgan fingerprint density at radius 1 is 1.04 bits per heavy atom. The third-order valence-corrected chi connectivity index (χ3v) is 2.92. The molecule has 23 heavy (non-hydrogen) atoms. The number of carboxylic acids is 2. The van der Waals surface area contributed by atoms with Crippen LogP contribution in [0.5, 0.6) is 5.75 Å². The molecule has 0 radical (unpaired) electrons. The quantitative estimate of drug-likeness (QED) is 0.639. The summed E-state index contributed by atoms with van der Waals surface area (Å²) in [4.78, 5) is 20.4. The average Bonchev–Trinajstić information content (AvgIpc) is 2.43. The Hall–Kier alpha value is -2.08. The maximum Gasteiger partial charge on any atom is 0.414 e. The van der Waals surface area contributed by atoms with Gasteiger partial charge >= 0.3 is 11.9 Å². The zero-order chi connectivity index (χ0) is 18.0. The maximum absolute atomic E-state index is 9.10. The van der Waals surface area contributed by atoms with Gasteiger partial charge in [-0.05, 0) is 43.6 Å². The first-order valence-corrected chi connectivity index (χ1v) is 7.38. The molecular formula is C17H27NO5. The molecule has 1 aromatic rings. The lowest BCUT2D eigenvalue weighted by Crippen LogP contribution is -2.15. The lowest BCUT2D eigenvalue weighted by atomic mass is 9.87. The summed E-state index contributed by atoms with van der Waals surface area (Å²) in [5.41, 5.74) is 1.56. The van der Waals surface area contributed by atoms with Gasteiger partial charge in [-0.25, -0.2) is 9.59 Å². The molecule has 0 aliphatic carbocycles. The van der Waals surface area contributed by atoms with Crippen LogP contribution in [-0.2, 0) is 15.0 Å². The Morgan fingerprint density at radius 2 is 1.52 bits per heavy atom. The summed E-state index contributed by atoms with van der Waals surface area (Å²) >= 11 is 0. The van der Waals surface area contributed by atoms with Gasteiger partial charge in [-0.3, -0.25) is 0 Å². The Balaban J connectivity index is 0.000000688. The molecule has 0 fully saturated rings. The Morgan fingerprint density at radius 3 is 1.87 bits per heavy atom. The predicted octanol–water partition coefficient (Wildman–Crippen LogP) is 2.47. The number of aliphatic carboxylic acids is 2. The Bertz CT molecular complexity index is 477. The standard InChI is InChI=1S/C15H25NO.C2H2O4/c1-15(2,3)13-7-9-14(10-8-13)17-12-6-11-16(4)5;3-1(4)2(5)6/h7-10H,6,11-12H2,1-5H3;(H,3,4)(H,5,6).